The van der Waals surface area contributed by atoms with Crippen LogP contribution in [0.5, 0.6) is 0 Å². The number of furan rings is 1. The van der Waals surface area contributed by atoms with E-state index in [-0.39, 0.29) is 5.91 Å². The summed E-state index contributed by atoms with van der Waals surface area (Å²) >= 11 is 7.81. The predicted molar refractivity (Wildman–Crippen MR) is 139 cm³/mol. The Hall–Kier alpha value is -3.55. The fraction of sp³-hybridized carbons (Fsp3) is 0.148. The number of aromatic nitrogens is 3. The average Bonchev–Trinajstić information content (AvgIpc) is 3.51. The number of hydrogen-bond donors (Lipinski definition) is 0. The molecule has 0 aliphatic carbocycles. The van der Waals surface area contributed by atoms with E-state index in [2.05, 4.69) is 15.6 Å². The zero-order valence-corrected chi connectivity index (χ0v) is 20.7. The third-order valence-electron chi connectivity index (χ3n) is 5.63. The summed E-state index contributed by atoms with van der Waals surface area (Å²) in [5.74, 6) is 1.45. The molecule has 5 rings (SSSR count). The minimum atomic E-state index is -0.0528. The standard InChI is InChI=1S/C27H23ClN4O2S/c1-31(17-23-6-3-13-34-23)26(33)21-9-7-19(8-10-21)16-32-25-15-29-12-11-24(25)30-27(32)35-18-20-4-2-5-22(28)14-20/h2-15H,16-18H2,1H3. The quantitative estimate of drug-likeness (QED) is 0.233. The molecule has 2 aromatic carbocycles. The van der Waals surface area contributed by atoms with Gasteiger partial charge in [0.05, 0.1) is 36.6 Å². The monoisotopic (exact) mass is 502 g/mol. The lowest BCUT2D eigenvalue weighted by molar-refractivity contribution is 0.0775. The van der Waals surface area contributed by atoms with Crippen LogP contribution in [0.2, 0.25) is 5.02 Å². The van der Waals surface area contributed by atoms with Crippen molar-refractivity contribution < 1.29 is 9.21 Å². The van der Waals surface area contributed by atoms with Gasteiger partial charge in [0, 0.05) is 29.6 Å². The van der Waals surface area contributed by atoms with Gasteiger partial charge in [0.2, 0.25) is 0 Å². The van der Waals surface area contributed by atoms with Crippen molar-refractivity contribution in [1.29, 1.82) is 0 Å². The van der Waals surface area contributed by atoms with Crippen molar-refractivity contribution in [2.24, 2.45) is 0 Å². The maximum Gasteiger partial charge on any atom is 0.254 e. The van der Waals surface area contributed by atoms with E-state index in [9.17, 15) is 4.79 Å². The molecule has 0 bridgehead atoms. The molecule has 35 heavy (non-hydrogen) atoms. The van der Waals surface area contributed by atoms with Crippen LogP contribution in [0.1, 0.15) is 27.2 Å². The van der Waals surface area contributed by atoms with Crippen LogP contribution >= 0.6 is 23.4 Å². The first-order chi connectivity index (χ1) is 17.1. The molecule has 6 nitrogen and oxygen atoms in total. The molecule has 0 spiro atoms. The summed E-state index contributed by atoms with van der Waals surface area (Å²) in [6, 6.07) is 21.2. The summed E-state index contributed by atoms with van der Waals surface area (Å²) in [6.07, 6.45) is 5.21. The molecule has 5 aromatic rings. The molecule has 1 amide bonds. The number of amides is 1. The second-order valence-electron chi connectivity index (χ2n) is 8.20. The maximum atomic E-state index is 12.8. The van der Waals surface area contributed by atoms with Crippen LogP contribution in [-0.4, -0.2) is 32.4 Å². The van der Waals surface area contributed by atoms with Crippen molar-refractivity contribution in [3.05, 3.63) is 113 Å². The van der Waals surface area contributed by atoms with E-state index in [0.717, 1.165) is 43.9 Å². The largest absolute Gasteiger partial charge is 0.467 e. The Morgan fingerprint density at radius 1 is 1.09 bits per heavy atom. The van der Waals surface area contributed by atoms with Crippen LogP contribution in [-0.2, 0) is 18.8 Å². The van der Waals surface area contributed by atoms with Crippen molar-refractivity contribution in [1.82, 2.24) is 19.4 Å². The summed E-state index contributed by atoms with van der Waals surface area (Å²) < 4.78 is 7.52. The molecule has 0 unspecified atom stereocenters. The van der Waals surface area contributed by atoms with Gasteiger partial charge in [-0.25, -0.2) is 4.98 Å². The highest BCUT2D eigenvalue weighted by molar-refractivity contribution is 7.98. The molecule has 0 atom stereocenters. The molecule has 176 valence electrons. The van der Waals surface area contributed by atoms with E-state index < -0.39 is 0 Å². The number of halogens is 1. The van der Waals surface area contributed by atoms with Crippen molar-refractivity contribution in [2.45, 2.75) is 24.0 Å². The van der Waals surface area contributed by atoms with Crippen LogP contribution in [0.4, 0.5) is 0 Å². The third-order valence-corrected chi connectivity index (χ3v) is 6.92. The molecule has 3 aromatic heterocycles. The van der Waals surface area contributed by atoms with Gasteiger partial charge in [-0.15, -0.1) is 0 Å². The Balaban J connectivity index is 1.34. The van der Waals surface area contributed by atoms with Gasteiger partial charge >= 0.3 is 0 Å². The van der Waals surface area contributed by atoms with Crippen LogP contribution in [0.3, 0.4) is 0 Å². The molecule has 0 aliphatic heterocycles. The van der Waals surface area contributed by atoms with Gasteiger partial charge in [-0.2, -0.15) is 0 Å². The minimum absolute atomic E-state index is 0.0528. The molecule has 0 aliphatic rings. The lowest BCUT2D eigenvalue weighted by Crippen LogP contribution is -2.25. The average molecular weight is 503 g/mol. The van der Waals surface area contributed by atoms with Gasteiger partial charge in [-0.1, -0.05) is 47.6 Å². The Bertz CT molecular complexity index is 1450. The number of fused-ring (bicyclic) bond motifs is 1. The topological polar surface area (TPSA) is 64.2 Å². The molecule has 0 N–H and O–H groups in total. The number of nitrogens with zero attached hydrogens (tertiary/aromatic N) is 4. The van der Waals surface area contributed by atoms with Gasteiger partial charge in [-0.3, -0.25) is 9.78 Å². The molecule has 0 saturated heterocycles. The zero-order chi connectivity index (χ0) is 24.2. The van der Waals surface area contributed by atoms with Gasteiger partial charge in [0.15, 0.2) is 5.16 Å². The van der Waals surface area contributed by atoms with E-state index in [1.807, 2.05) is 66.9 Å². The first-order valence-electron chi connectivity index (χ1n) is 11.1. The summed E-state index contributed by atoms with van der Waals surface area (Å²) in [7, 11) is 1.77. The first kappa shape index (κ1) is 23.2. The first-order valence-corrected chi connectivity index (χ1v) is 12.5. The van der Waals surface area contributed by atoms with Crippen molar-refractivity contribution in [3.63, 3.8) is 0 Å². The molecule has 0 fully saturated rings. The van der Waals surface area contributed by atoms with Crippen molar-refractivity contribution in [3.8, 4) is 0 Å². The Morgan fingerprint density at radius 3 is 2.71 bits per heavy atom. The number of hydrogen-bond acceptors (Lipinski definition) is 5. The normalized spacial score (nSPS) is 11.1. The highest BCUT2D eigenvalue weighted by atomic mass is 35.5. The highest BCUT2D eigenvalue weighted by Gasteiger charge is 2.15. The molecule has 3 heterocycles. The van der Waals surface area contributed by atoms with Gasteiger partial charge < -0.3 is 13.9 Å². The zero-order valence-electron chi connectivity index (χ0n) is 19.1. The lowest BCUT2D eigenvalue weighted by Gasteiger charge is -2.16. The van der Waals surface area contributed by atoms with Gasteiger partial charge in [0.25, 0.3) is 5.91 Å². The minimum Gasteiger partial charge on any atom is -0.467 e. The summed E-state index contributed by atoms with van der Waals surface area (Å²) in [4.78, 5) is 23.6. The number of rotatable bonds is 8. The van der Waals surface area contributed by atoms with E-state index in [1.54, 1.807) is 36.2 Å². The SMILES string of the molecule is CN(Cc1ccco1)C(=O)c1ccc(Cn2c(SCc3cccc(Cl)c3)nc3ccncc32)cc1. The molecule has 8 heteroatoms. The summed E-state index contributed by atoms with van der Waals surface area (Å²) in [6.45, 7) is 1.05. The van der Waals surface area contributed by atoms with E-state index in [0.29, 0.717) is 18.7 Å². The Labute approximate surface area is 212 Å². The third kappa shape index (κ3) is 5.42. The number of carbonyl (C=O) groups excluding carboxylic acids is 1. The highest BCUT2D eigenvalue weighted by Crippen LogP contribution is 2.28. The summed E-state index contributed by atoms with van der Waals surface area (Å²) in [5.41, 5.74) is 4.72. The van der Waals surface area contributed by atoms with Crippen LogP contribution in [0, 0.1) is 0 Å². The number of imidazole rings is 1. The molecular weight excluding hydrogens is 480 g/mol. The smallest absolute Gasteiger partial charge is 0.254 e. The van der Waals surface area contributed by atoms with E-state index in [4.69, 9.17) is 21.0 Å². The second kappa shape index (κ2) is 10.4. The number of pyridine rings is 1. The predicted octanol–water partition coefficient (Wildman–Crippen LogP) is 6.29. The van der Waals surface area contributed by atoms with E-state index in [1.165, 1.54) is 0 Å². The van der Waals surface area contributed by atoms with Crippen LogP contribution < -0.4 is 0 Å². The lowest BCUT2D eigenvalue weighted by atomic mass is 10.1. The maximum absolute atomic E-state index is 12.8. The van der Waals surface area contributed by atoms with Gasteiger partial charge in [0.1, 0.15) is 5.76 Å². The summed E-state index contributed by atoms with van der Waals surface area (Å²) in [5, 5.41) is 1.64. The van der Waals surface area contributed by atoms with E-state index >= 15 is 0 Å². The van der Waals surface area contributed by atoms with Crippen molar-refractivity contribution >= 4 is 40.3 Å². The number of benzene rings is 2. The Kier molecular flexibility index (Phi) is 6.88. The number of carbonyl (C=O) groups is 1. The van der Waals surface area contributed by atoms with Crippen molar-refractivity contribution in [2.75, 3.05) is 7.05 Å². The fourth-order valence-electron chi connectivity index (χ4n) is 3.85. The molecule has 0 saturated carbocycles. The fourth-order valence-corrected chi connectivity index (χ4v) is 5.02. The Morgan fingerprint density at radius 2 is 1.94 bits per heavy atom. The van der Waals surface area contributed by atoms with Crippen LogP contribution in [0.25, 0.3) is 11.0 Å². The second-order valence-corrected chi connectivity index (χ2v) is 9.58. The molecular formula is C27H23ClN4O2S. The number of thioether (sulfide) groups is 1. The molecule has 0 radical (unpaired) electrons. The van der Waals surface area contributed by atoms with Gasteiger partial charge in [-0.05, 0) is 53.6 Å². The van der Waals surface area contributed by atoms with Crippen LogP contribution in [0.15, 0.2) is 95.0 Å².